The summed E-state index contributed by atoms with van der Waals surface area (Å²) in [6.45, 7) is -1.07. The Kier molecular flexibility index (Phi) is 16.1. The zero-order valence-corrected chi connectivity index (χ0v) is 19.5. The van der Waals surface area contributed by atoms with E-state index in [4.69, 9.17) is 28.0 Å². The van der Waals surface area contributed by atoms with E-state index < -0.39 is 67.4 Å². The molecule has 3 atom stereocenters. The molecule has 0 aromatic carbocycles. The third-order valence-corrected chi connectivity index (χ3v) is 4.56. The van der Waals surface area contributed by atoms with Crippen LogP contribution in [0.4, 0.5) is 0 Å². The molecule has 4 amide bonds. The summed E-state index contributed by atoms with van der Waals surface area (Å²) < 4.78 is 0. The molecule has 0 aromatic rings. The average Bonchev–Trinajstić information content (AvgIpc) is 2.81. The fourth-order valence-electron chi connectivity index (χ4n) is 2.69. The van der Waals surface area contributed by atoms with E-state index >= 15 is 0 Å². The molecule has 0 rings (SSSR count). The standard InChI is InChI=1S/C19H37N9O7/c20-6-2-1-4-13(18(34)35)28-15(31)9-26-17(33)12(5-3-7-24-19(22)23)27-14(30)8-25-16(32)11(21)10-29/h11-13,29H,1-10,20-21H2,(H,25,32)(H,26,33)(H,27,30)(H,28,31)(H,34,35)(H4,22,23,24)/t11-,12-,13-/m0/s1. The van der Waals surface area contributed by atoms with Gasteiger partial charge in [-0.2, -0.15) is 0 Å². The lowest BCUT2D eigenvalue weighted by Crippen LogP contribution is -2.53. The number of aliphatic hydroxyl groups excluding tert-OH is 1. The SMILES string of the molecule is NCCCC[C@H](NC(=O)CNC(=O)[C@H](CCCN=C(N)N)NC(=O)CNC(=O)[C@@H](N)CO)C(=O)O. The summed E-state index contributed by atoms with van der Waals surface area (Å²) in [7, 11) is 0. The van der Waals surface area contributed by atoms with E-state index in [1.165, 1.54) is 0 Å². The Morgan fingerprint density at radius 2 is 1.37 bits per heavy atom. The molecule has 0 unspecified atom stereocenters. The zero-order valence-electron chi connectivity index (χ0n) is 19.5. The molecule has 0 spiro atoms. The Labute approximate surface area is 202 Å². The molecular weight excluding hydrogens is 466 g/mol. The first-order valence-electron chi connectivity index (χ1n) is 11.0. The van der Waals surface area contributed by atoms with Crippen LogP contribution in [0.2, 0.25) is 0 Å². The van der Waals surface area contributed by atoms with Crippen molar-refractivity contribution in [1.29, 1.82) is 0 Å². The third kappa shape index (κ3) is 15.1. The van der Waals surface area contributed by atoms with Crippen LogP contribution in [-0.4, -0.2) is 96.7 Å². The van der Waals surface area contributed by atoms with Gasteiger partial charge in [-0.3, -0.25) is 24.2 Å². The number of aliphatic hydroxyl groups is 1. The predicted molar refractivity (Wildman–Crippen MR) is 125 cm³/mol. The van der Waals surface area contributed by atoms with E-state index in [1.807, 2.05) is 0 Å². The molecule has 0 heterocycles. The molecule has 16 heteroatoms. The number of rotatable bonds is 18. The molecule has 0 aliphatic heterocycles. The number of aliphatic carboxylic acids is 1. The minimum Gasteiger partial charge on any atom is -0.480 e. The maximum absolute atomic E-state index is 12.6. The van der Waals surface area contributed by atoms with Crippen LogP contribution in [0.1, 0.15) is 32.1 Å². The lowest BCUT2D eigenvalue weighted by molar-refractivity contribution is -0.142. The molecule has 200 valence electrons. The van der Waals surface area contributed by atoms with E-state index in [0.717, 1.165) is 0 Å². The van der Waals surface area contributed by atoms with Crippen molar-refractivity contribution in [3.63, 3.8) is 0 Å². The summed E-state index contributed by atoms with van der Waals surface area (Å²) in [4.78, 5) is 63.5. The molecule has 0 bridgehead atoms. The summed E-state index contributed by atoms with van der Waals surface area (Å²) in [6, 6.07) is -3.44. The van der Waals surface area contributed by atoms with E-state index in [1.54, 1.807) is 0 Å². The van der Waals surface area contributed by atoms with E-state index in [2.05, 4.69) is 26.3 Å². The van der Waals surface area contributed by atoms with E-state index in [9.17, 15) is 29.1 Å². The highest BCUT2D eigenvalue weighted by Crippen LogP contribution is 2.01. The van der Waals surface area contributed by atoms with Gasteiger partial charge in [0, 0.05) is 6.54 Å². The van der Waals surface area contributed by atoms with Crippen LogP contribution in [0.5, 0.6) is 0 Å². The number of hydrogen-bond acceptors (Lipinski definition) is 9. The lowest BCUT2D eigenvalue weighted by Gasteiger charge is -2.19. The Morgan fingerprint density at radius 3 is 1.89 bits per heavy atom. The van der Waals surface area contributed by atoms with Gasteiger partial charge >= 0.3 is 5.97 Å². The minimum absolute atomic E-state index is 0.0942. The summed E-state index contributed by atoms with van der Waals surface area (Å²) in [6.07, 6.45) is 1.68. The van der Waals surface area contributed by atoms with Crippen molar-refractivity contribution in [3.05, 3.63) is 0 Å². The Balaban J connectivity index is 4.92. The molecule has 35 heavy (non-hydrogen) atoms. The highest BCUT2D eigenvalue weighted by atomic mass is 16.4. The highest BCUT2D eigenvalue weighted by Gasteiger charge is 2.23. The molecule has 0 fully saturated rings. The summed E-state index contributed by atoms with van der Waals surface area (Å²) in [5.74, 6) is -4.28. The quantitative estimate of drug-likeness (QED) is 0.0478. The van der Waals surface area contributed by atoms with Crippen LogP contribution in [0.25, 0.3) is 0 Å². The van der Waals surface area contributed by atoms with Crippen LogP contribution in [-0.2, 0) is 24.0 Å². The molecule has 0 saturated heterocycles. The molecule has 0 radical (unpaired) electrons. The third-order valence-electron chi connectivity index (χ3n) is 4.56. The van der Waals surface area contributed by atoms with Gasteiger partial charge in [-0.1, -0.05) is 0 Å². The molecule has 0 aliphatic carbocycles. The largest absolute Gasteiger partial charge is 0.480 e. The second kappa shape index (κ2) is 17.9. The van der Waals surface area contributed by atoms with Crippen LogP contribution in [0.15, 0.2) is 4.99 Å². The molecule has 0 aliphatic rings. The van der Waals surface area contributed by atoms with Crippen molar-refractivity contribution < 1.29 is 34.2 Å². The van der Waals surface area contributed by atoms with Gasteiger partial charge in [0.2, 0.25) is 23.6 Å². The number of carboxylic acid groups (broad SMARTS) is 1. The number of amides is 4. The zero-order chi connectivity index (χ0) is 26.8. The molecule has 0 saturated carbocycles. The molecular formula is C19H37N9O7. The van der Waals surface area contributed by atoms with Crippen molar-refractivity contribution >= 4 is 35.6 Å². The number of nitrogens with one attached hydrogen (secondary N) is 4. The smallest absolute Gasteiger partial charge is 0.326 e. The molecule has 14 N–H and O–H groups in total. The maximum atomic E-state index is 12.6. The number of carbonyl (C=O) groups is 5. The van der Waals surface area contributed by atoms with Crippen molar-refractivity contribution in [1.82, 2.24) is 21.3 Å². The normalized spacial score (nSPS) is 13.0. The predicted octanol–water partition coefficient (Wildman–Crippen LogP) is -5.22. The molecule has 16 nitrogen and oxygen atoms in total. The van der Waals surface area contributed by atoms with Gasteiger partial charge in [0.05, 0.1) is 19.7 Å². The minimum atomic E-state index is -1.21. The van der Waals surface area contributed by atoms with Crippen molar-refractivity contribution in [2.75, 3.05) is 32.8 Å². The van der Waals surface area contributed by atoms with Gasteiger partial charge in [0.15, 0.2) is 5.96 Å². The number of guanidine groups is 1. The van der Waals surface area contributed by atoms with Crippen LogP contribution >= 0.6 is 0 Å². The second-order valence-corrected chi connectivity index (χ2v) is 7.54. The van der Waals surface area contributed by atoms with Crippen molar-refractivity contribution in [2.45, 2.75) is 50.2 Å². The summed E-state index contributed by atoms with van der Waals surface area (Å²) in [5, 5.41) is 27.4. The van der Waals surface area contributed by atoms with E-state index in [-0.39, 0.29) is 25.3 Å². The van der Waals surface area contributed by atoms with Gasteiger partial charge in [0.25, 0.3) is 0 Å². The van der Waals surface area contributed by atoms with Crippen molar-refractivity contribution in [2.24, 2.45) is 27.9 Å². The number of nitrogens with two attached hydrogens (primary N) is 4. The van der Waals surface area contributed by atoms with Crippen LogP contribution in [0, 0.1) is 0 Å². The van der Waals surface area contributed by atoms with Gasteiger partial charge in [-0.15, -0.1) is 0 Å². The number of carbonyl (C=O) groups excluding carboxylic acids is 4. The number of nitrogens with zero attached hydrogens (tertiary/aromatic N) is 1. The topological polar surface area (TPSA) is 290 Å². The highest BCUT2D eigenvalue weighted by molar-refractivity contribution is 5.93. The second-order valence-electron chi connectivity index (χ2n) is 7.54. The Morgan fingerprint density at radius 1 is 0.829 bits per heavy atom. The lowest BCUT2D eigenvalue weighted by atomic mass is 10.1. The summed E-state index contributed by atoms with van der Waals surface area (Å²) in [5.41, 5.74) is 21.2. The maximum Gasteiger partial charge on any atom is 0.326 e. The monoisotopic (exact) mass is 503 g/mol. The first-order chi connectivity index (χ1) is 16.5. The van der Waals surface area contributed by atoms with E-state index in [0.29, 0.717) is 25.8 Å². The average molecular weight is 504 g/mol. The summed E-state index contributed by atoms with van der Waals surface area (Å²) >= 11 is 0. The number of aliphatic imine (C=N–C) groups is 1. The number of hydrogen-bond donors (Lipinski definition) is 10. The van der Waals surface area contributed by atoms with Gasteiger partial charge in [-0.25, -0.2) is 4.79 Å². The fourth-order valence-corrected chi connectivity index (χ4v) is 2.69. The van der Waals surface area contributed by atoms with Gasteiger partial charge < -0.3 is 54.4 Å². The van der Waals surface area contributed by atoms with Gasteiger partial charge in [-0.05, 0) is 38.6 Å². The first kappa shape index (κ1) is 31.5. The Hall–Kier alpha value is -3.50. The number of carboxylic acids is 1. The first-order valence-corrected chi connectivity index (χ1v) is 11.0. The number of unbranched alkanes of at least 4 members (excludes halogenated alkanes) is 1. The van der Waals surface area contributed by atoms with Crippen LogP contribution in [0.3, 0.4) is 0 Å². The van der Waals surface area contributed by atoms with Crippen LogP contribution < -0.4 is 44.2 Å². The van der Waals surface area contributed by atoms with Crippen molar-refractivity contribution in [3.8, 4) is 0 Å². The fraction of sp³-hybridized carbons (Fsp3) is 0.684. The Bertz CT molecular complexity index is 744. The molecule has 0 aromatic heterocycles. The van der Waals surface area contributed by atoms with Gasteiger partial charge in [0.1, 0.15) is 18.1 Å².